The van der Waals surface area contributed by atoms with Crippen molar-refractivity contribution in [2.45, 2.75) is 66.0 Å². The summed E-state index contributed by atoms with van der Waals surface area (Å²) in [6.45, 7) is 16.8. The lowest BCUT2D eigenvalue weighted by atomic mass is 9.85. The first-order valence-corrected chi connectivity index (χ1v) is 12.9. The number of nitrogens with one attached hydrogen (secondary N) is 1. The third kappa shape index (κ3) is 7.52. The van der Waals surface area contributed by atoms with Crippen LogP contribution in [-0.2, 0) is 6.42 Å². The van der Waals surface area contributed by atoms with Crippen LogP contribution < -0.4 is 5.32 Å². The van der Waals surface area contributed by atoms with Gasteiger partial charge >= 0.3 is 0 Å². The minimum atomic E-state index is -0.0648. The molecule has 1 aliphatic carbocycles. The average Bonchev–Trinajstić information content (AvgIpc) is 2.83. The lowest BCUT2D eigenvalue weighted by Crippen LogP contribution is -2.34. The summed E-state index contributed by atoms with van der Waals surface area (Å²) >= 11 is 0. The molecule has 3 unspecified atom stereocenters. The first-order chi connectivity index (χ1) is 16.8. The van der Waals surface area contributed by atoms with Crippen molar-refractivity contribution in [2.75, 3.05) is 0 Å². The standard InChI is InChI=1S/C32H41FN2/c1-7-8-11-26(6)31-21-27(17-16-22(2)20-29-24(4)12-9-13-25(29)5)34-32(35-31)19-18-28-23(3)14-10-15-30(28)33/h7-15,21,23,26,28,32,35H,1-2,16-20H2,3-6H3/b11-8-/t23?,26-,28?,32?/m1/s1. The molecule has 0 amide bonds. The van der Waals surface area contributed by atoms with Crippen molar-refractivity contribution in [3.8, 4) is 0 Å². The van der Waals surface area contributed by atoms with Gasteiger partial charge in [0.2, 0.25) is 0 Å². The molecule has 3 rings (SSSR count). The Kier molecular flexibility index (Phi) is 9.65. The molecule has 0 spiro atoms. The molecular formula is C32H41FN2. The maximum absolute atomic E-state index is 14.4. The lowest BCUT2D eigenvalue weighted by molar-refractivity contribution is 0.340. The maximum atomic E-state index is 14.4. The van der Waals surface area contributed by atoms with Crippen LogP contribution in [0.1, 0.15) is 56.2 Å². The molecule has 0 aromatic heterocycles. The van der Waals surface area contributed by atoms with Crippen LogP contribution in [0.3, 0.4) is 0 Å². The molecule has 1 N–H and O–H groups in total. The Bertz CT molecular complexity index is 1050. The van der Waals surface area contributed by atoms with E-state index in [-0.39, 0.29) is 29.7 Å². The summed E-state index contributed by atoms with van der Waals surface area (Å²) in [4.78, 5) is 5.03. The molecule has 3 heteroatoms. The summed E-state index contributed by atoms with van der Waals surface area (Å²) in [6.07, 6.45) is 17.8. The maximum Gasteiger partial charge on any atom is 0.118 e. The Morgan fingerprint density at radius 2 is 1.97 bits per heavy atom. The molecular weight excluding hydrogens is 431 g/mol. The van der Waals surface area contributed by atoms with Crippen LogP contribution >= 0.6 is 0 Å². The highest BCUT2D eigenvalue weighted by Crippen LogP contribution is 2.32. The van der Waals surface area contributed by atoms with E-state index in [1.54, 1.807) is 12.2 Å². The average molecular weight is 473 g/mol. The molecule has 35 heavy (non-hydrogen) atoms. The van der Waals surface area contributed by atoms with Gasteiger partial charge in [0, 0.05) is 23.2 Å². The van der Waals surface area contributed by atoms with Crippen molar-refractivity contribution in [3.63, 3.8) is 0 Å². The highest BCUT2D eigenvalue weighted by atomic mass is 19.1. The number of halogens is 1. The van der Waals surface area contributed by atoms with Gasteiger partial charge in [0.05, 0.1) is 0 Å². The van der Waals surface area contributed by atoms with Crippen molar-refractivity contribution in [3.05, 3.63) is 108 Å². The number of hydrogen-bond donors (Lipinski definition) is 1. The lowest BCUT2D eigenvalue weighted by Gasteiger charge is -2.29. The Morgan fingerprint density at radius 3 is 2.66 bits per heavy atom. The Morgan fingerprint density at radius 1 is 1.23 bits per heavy atom. The highest BCUT2D eigenvalue weighted by Gasteiger charge is 2.25. The normalized spacial score (nSPS) is 22.8. The fraction of sp³-hybridized carbons (Fsp3) is 0.406. The first-order valence-electron chi connectivity index (χ1n) is 12.9. The van der Waals surface area contributed by atoms with Gasteiger partial charge in [-0.25, -0.2) is 4.39 Å². The second-order valence-corrected chi connectivity index (χ2v) is 10.1. The zero-order valence-electron chi connectivity index (χ0n) is 21.9. The van der Waals surface area contributed by atoms with Crippen molar-refractivity contribution in [2.24, 2.45) is 22.7 Å². The first kappa shape index (κ1) is 26.7. The topological polar surface area (TPSA) is 24.4 Å². The minimum absolute atomic E-state index is 0.0131. The van der Waals surface area contributed by atoms with Crippen molar-refractivity contribution in [1.29, 1.82) is 0 Å². The van der Waals surface area contributed by atoms with E-state index in [9.17, 15) is 4.39 Å². The predicted molar refractivity (Wildman–Crippen MR) is 149 cm³/mol. The van der Waals surface area contributed by atoms with Crippen LogP contribution in [0.4, 0.5) is 4.39 Å². The fourth-order valence-corrected chi connectivity index (χ4v) is 4.91. The second kappa shape index (κ2) is 12.7. The van der Waals surface area contributed by atoms with Gasteiger partial charge < -0.3 is 5.32 Å². The molecule has 1 aliphatic heterocycles. The van der Waals surface area contributed by atoms with E-state index in [0.717, 1.165) is 43.5 Å². The SMILES string of the molecule is C=C/C=C\[C@@H](C)C1=CC(CCC(=C)Cc2c(C)cccc2C)=NC(CCC2C(F)=CC=CC2C)N1. The number of allylic oxidation sites excluding steroid dienone is 9. The van der Waals surface area contributed by atoms with E-state index in [4.69, 9.17) is 4.99 Å². The number of aryl methyl sites for hydroxylation is 2. The Labute approximate surface area is 211 Å². The number of aliphatic imine (C=N–C) groups is 1. The summed E-state index contributed by atoms with van der Waals surface area (Å²) < 4.78 is 14.4. The molecule has 186 valence electrons. The molecule has 0 radical (unpaired) electrons. The summed E-state index contributed by atoms with van der Waals surface area (Å²) in [5.74, 6) is 0.364. The van der Waals surface area contributed by atoms with E-state index in [1.165, 1.54) is 22.3 Å². The molecule has 0 saturated heterocycles. The monoisotopic (exact) mass is 472 g/mol. The van der Waals surface area contributed by atoms with Gasteiger partial charge in [0.1, 0.15) is 12.0 Å². The van der Waals surface area contributed by atoms with Gasteiger partial charge in [-0.15, -0.1) is 0 Å². The molecule has 1 heterocycles. The summed E-state index contributed by atoms with van der Waals surface area (Å²) in [6, 6.07) is 6.46. The predicted octanol–water partition coefficient (Wildman–Crippen LogP) is 8.27. The van der Waals surface area contributed by atoms with Crippen molar-refractivity contribution >= 4 is 5.71 Å². The second-order valence-electron chi connectivity index (χ2n) is 10.1. The smallest absolute Gasteiger partial charge is 0.118 e. The summed E-state index contributed by atoms with van der Waals surface area (Å²) in [5.41, 5.74) is 7.51. The van der Waals surface area contributed by atoms with Crippen molar-refractivity contribution in [1.82, 2.24) is 5.32 Å². The van der Waals surface area contributed by atoms with Crippen LogP contribution in [0, 0.1) is 31.6 Å². The zero-order chi connectivity index (χ0) is 25.4. The Balaban J connectivity index is 1.68. The fourth-order valence-electron chi connectivity index (χ4n) is 4.91. The number of benzene rings is 1. The molecule has 1 aromatic rings. The highest BCUT2D eigenvalue weighted by molar-refractivity contribution is 5.96. The molecule has 0 bridgehead atoms. The van der Waals surface area contributed by atoms with Gasteiger partial charge in [0.25, 0.3) is 0 Å². The summed E-state index contributed by atoms with van der Waals surface area (Å²) in [5, 5.41) is 3.61. The molecule has 1 aromatic carbocycles. The van der Waals surface area contributed by atoms with E-state index < -0.39 is 0 Å². The zero-order valence-corrected chi connectivity index (χ0v) is 21.9. The quantitative estimate of drug-likeness (QED) is 0.254. The molecule has 2 nitrogen and oxygen atoms in total. The number of hydrogen-bond acceptors (Lipinski definition) is 2. The largest absolute Gasteiger partial charge is 0.367 e. The molecule has 0 saturated carbocycles. The summed E-state index contributed by atoms with van der Waals surface area (Å²) in [7, 11) is 0. The van der Waals surface area contributed by atoms with Gasteiger partial charge in [0.15, 0.2) is 0 Å². The molecule has 2 aliphatic rings. The van der Waals surface area contributed by atoms with E-state index >= 15 is 0 Å². The molecule has 4 atom stereocenters. The number of rotatable bonds is 11. The molecule has 0 fully saturated rings. The van der Waals surface area contributed by atoms with E-state index in [1.807, 2.05) is 12.2 Å². The van der Waals surface area contributed by atoms with Crippen LogP contribution in [0.15, 0.2) is 96.0 Å². The van der Waals surface area contributed by atoms with Gasteiger partial charge in [-0.05, 0) is 80.7 Å². The van der Waals surface area contributed by atoms with Gasteiger partial charge in [-0.2, -0.15) is 0 Å². The Hall–Kier alpha value is -2.94. The van der Waals surface area contributed by atoms with Gasteiger partial charge in [-0.1, -0.05) is 81.2 Å². The van der Waals surface area contributed by atoms with E-state index in [0.29, 0.717) is 0 Å². The van der Waals surface area contributed by atoms with Crippen LogP contribution in [0.2, 0.25) is 0 Å². The van der Waals surface area contributed by atoms with Crippen molar-refractivity contribution < 1.29 is 4.39 Å². The van der Waals surface area contributed by atoms with Crippen LogP contribution in [0.5, 0.6) is 0 Å². The third-order valence-electron chi connectivity index (χ3n) is 7.22. The number of nitrogens with zero attached hydrogens (tertiary/aromatic N) is 1. The third-order valence-corrected chi connectivity index (χ3v) is 7.22. The van der Waals surface area contributed by atoms with Crippen LogP contribution in [0.25, 0.3) is 0 Å². The van der Waals surface area contributed by atoms with E-state index in [2.05, 4.69) is 82.6 Å². The minimum Gasteiger partial charge on any atom is -0.367 e. The van der Waals surface area contributed by atoms with Gasteiger partial charge in [-0.3, -0.25) is 4.99 Å². The van der Waals surface area contributed by atoms with Crippen LogP contribution in [-0.4, -0.2) is 11.9 Å².